The highest BCUT2D eigenvalue weighted by atomic mass is 16.1. The van der Waals surface area contributed by atoms with Crippen LogP contribution in [0.25, 0.3) is 6.08 Å². The maximum absolute atomic E-state index is 10.0. The molecule has 1 rings (SSSR count). The fourth-order valence-electron chi connectivity index (χ4n) is 0.937. The van der Waals surface area contributed by atoms with E-state index in [0.717, 1.165) is 11.3 Å². The van der Waals surface area contributed by atoms with Crippen molar-refractivity contribution in [1.82, 2.24) is 0 Å². The Kier molecular flexibility index (Phi) is 2.67. The van der Waals surface area contributed by atoms with Gasteiger partial charge in [-0.25, -0.2) is 4.79 Å². The molecule has 0 N–H and O–H groups in total. The first-order valence-electron chi connectivity index (χ1n) is 3.72. The molecule has 0 atom stereocenters. The molecule has 0 amide bonds. The summed E-state index contributed by atoms with van der Waals surface area (Å²) in [6.07, 6.45) is 1.42. The van der Waals surface area contributed by atoms with E-state index in [1.165, 1.54) is 6.08 Å². The summed E-state index contributed by atoms with van der Waals surface area (Å²) in [6.45, 7) is 0. The van der Waals surface area contributed by atoms with Crippen LogP contribution in [0, 0.1) is 0 Å². The molecule has 1 aromatic carbocycles. The van der Waals surface area contributed by atoms with Gasteiger partial charge in [-0.2, -0.15) is 0 Å². The van der Waals surface area contributed by atoms with Crippen LogP contribution in [0.3, 0.4) is 0 Å². The van der Waals surface area contributed by atoms with Crippen LogP contribution in [0.15, 0.2) is 24.3 Å². The zero-order valence-electron chi connectivity index (χ0n) is 7.24. The Bertz CT molecular complexity index is 294. The predicted molar refractivity (Wildman–Crippen MR) is 50.9 cm³/mol. The van der Waals surface area contributed by atoms with Crippen molar-refractivity contribution in [2.24, 2.45) is 0 Å². The van der Waals surface area contributed by atoms with Crippen molar-refractivity contribution < 1.29 is 4.79 Å². The fourth-order valence-corrected chi connectivity index (χ4v) is 0.937. The number of anilines is 1. The molecule has 2 heteroatoms. The molecule has 62 valence electrons. The molecule has 0 bridgehead atoms. The summed E-state index contributed by atoms with van der Waals surface area (Å²) in [7, 11) is 3.95. The van der Waals surface area contributed by atoms with Crippen LogP contribution >= 0.6 is 0 Å². The van der Waals surface area contributed by atoms with Gasteiger partial charge in [0, 0.05) is 25.9 Å². The molecule has 0 spiro atoms. The minimum absolute atomic E-state index is 0.885. The van der Waals surface area contributed by atoms with Crippen molar-refractivity contribution >= 4 is 17.7 Å². The van der Waals surface area contributed by atoms with Crippen LogP contribution in [-0.4, -0.2) is 20.0 Å². The number of rotatable bonds is 2. The Morgan fingerprint density at radius 3 is 2.25 bits per heavy atom. The minimum Gasteiger partial charge on any atom is -0.378 e. The predicted octanol–water partition coefficient (Wildman–Crippen LogP) is 1.60. The SMILES string of the molecule is CN(C)c1ccc(C=C=O)cc1. The maximum Gasteiger partial charge on any atom is 0.125 e. The standard InChI is InChI=1S/C10H11NO/c1-11(2)10-5-3-9(4-6-10)7-8-12/h3-7H,1-2H3. The zero-order chi connectivity index (χ0) is 8.97. The first-order chi connectivity index (χ1) is 5.74. The Balaban J connectivity index is 2.92. The Hall–Kier alpha value is -1.53. The number of nitrogens with zero attached hydrogens (tertiary/aromatic N) is 1. The summed E-state index contributed by atoms with van der Waals surface area (Å²) in [5.41, 5.74) is 2.01. The molecule has 0 radical (unpaired) electrons. The van der Waals surface area contributed by atoms with Gasteiger partial charge in [0.1, 0.15) is 5.94 Å². The van der Waals surface area contributed by atoms with E-state index in [2.05, 4.69) is 0 Å². The van der Waals surface area contributed by atoms with Gasteiger partial charge in [0.15, 0.2) is 0 Å². The molecule has 0 aliphatic rings. The lowest BCUT2D eigenvalue weighted by Gasteiger charge is -2.11. The van der Waals surface area contributed by atoms with E-state index in [1.807, 2.05) is 43.3 Å². The molecule has 1 aromatic rings. The average molecular weight is 161 g/mol. The summed E-state index contributed by atoms with van der Waals surface area (Å²) < 4.78 is 0. The van der Waals surface area contributed by atoms with Gasteiger partial charge in [0.25, 0.3) is 0 Å². The van der Waals surface area contributed by atoms with Crippen molar-refractivity contribution in [2.45, 2.75) is 0 Å². The van der Waals surface area contributed by atoms with Crippen molar-refractivity contribution in [3.63, 3.8) is 0 Å². The zero-order valence-corrected chi connectivity index (χ0v) is 7.24. The van der Waals surface area contributed by atoms with E-state index in [-0.39, 0.29) is 0 Å². The molecule has 0 fully saturated rings. The first-order valence-corrected chi connectivity index (χ1v) is 3.72. The summed E-state index contributed by atoms with van der Waals surface area (Å²) in [4.78, 5) is 12.0. The molecule has 0 saturated carbocycles. The molecular formula is C10H11NO. The summed E-state index contributed by atoms with van der Waals surface area (Å²) >= 11 is 0. The highest BCUT2D eigenvalue weighted by Crippen LogP contribution is 2.12. The fraction of sp³-hybridized carbons (Fsp3) is 0.200. The average Bonchev–Trinajstić information content (AvgIpc) is 2.06. The van der Waals surface area contributed by atoms with Crippen LogP contribution in [0.4, 0.5) is 5.69 Å². The topological polar surface area (TPSA) is 20.3 Å². The van der Waals surface area contributed by atoms with E-state index < -0.39 is 0 Å². The quantitative estimate of drug-likeness (QED) is 0.614. The monoisotopic (exact) mass is 161 g/mol. The number of hydrogen-bond acceptors (Lipinski definition) is 2. The molecule has 12 heavy (non-hydrogen) atoms. The molecule has 0 aliphatic heterocycles. The lowest BCUT2D eigenvalue weighted by molar-refractivity contribution is 0.570. The Morgan fingerprint density at radius 2 is 1.83 bits per heavy atom. The van der Waals surface area contributed by atoms with Crippen LogP contribution in [0.1, 0.15) is 5.56 Å². The van der Waals surface area contributed by atoms with Gasteiger partial charge in [-0.1, -0.05) is 12.1 Å². The Labute approximate surface area is 72.1 Å². The summed E-state index contributed by atoms with van der Waals surface area (Å²) in [5, 5.41) is 0. The molecule has 0 unspecified atom stereocenters. The Morgan fingerprint density at radius 1 is 1.25 bits per heavy atom. The second kappa shape index (κ2) is 3.74. The molecule has 0 aromatic heterocycles. The second-order valence-electron chi connectivity index (χ2n) is 2.75. The van der Waals surface area contributed by atoms with Crippen molar-refractivity contribution in [1.29, 1.82) is 0 Å². The van der Waals surface area contributed by atoms with E-state index in [0.29, 0.717) is 0 Å². The molecule has 0 heterocycles. The van der Waals surface area contributed by atoms with E-state index in [4.69, 9.17) is 0 Å². The number of benzene rings is 1. The molecule has 0 aliphatic carbocycles. The molecular weight excluding hydrogens is 150 g/mol. The van der Waals surface area contributed by atoms with Gasteiger partial charge < -0.3 is 4.90 Å². The normalized spacial score (nSPS) is 8.83. The molecule has 2 nitrogen and oxygen atoms in total. The largest absolute Gasteiger partial charge is 0.378 e. The van der Waals surface area contributed by atoms with Crippen LogP contribution in [0.2, 0.25) is 0 Å². The van der Waals surface area contributed by atoms with Gasteiger partial charge in [-0.05, 0) is 17.7 Å². The van der Waals surface area contributed by atoms with Crippen LogP contribution in [0.5, 0.6) is 0 Å². The van der Waals surface area contributed by atoms with Gasteiger partial charge in [0.2, 0.25) is 0 Å². The summed E-state index contributed by atoms with van der Waals surface area (Å²) in [6, 6.07) is 7.70. The highest BCUT2D eigenvalue weighted by Gasteiger charge is 1.92. The van der Waals surface area contributed by atoms with Crippen molar-refractivity contribution in [3.05, 3.63) is 29.8 Å². The van der Waals surface area contributed by atoms with Gasteiger partial charge in [0.05, 0.1) is 0 Å². The summed E-state index contributed by atoms with van der Waals surface area (Å²) in [5.74, 6) is 1.74. The molecule has 0 saturated heterocycles. The third-order valence-corrected chi connectivity index (χ3v) is 1.64. The van der Waals surface area contributed by atoms with E-state index in [1.54, 1.807) is 5.94 Å². The first kappa shape index (κ1) is 8.57. The third kappa shape index (κ3) is 1.97. The lowest BCUT2D eigenvalue weighted by Crippen LogP contribution is -2.07. The van der Waals surface area contributed by atoms with Gasteiger partial charge in [-0.3, -0.25) is 0 Å². The smallest absolute Gasteiger partial charge is 0.125 e. The second-order valence-corrected chi connectivity index (χ2v) is 2.75. The van der Waals surface area contributed by atoms with Crippen LogP contribution < -0.4 is 4.90 Å². The van der Waals surface area contributed by atoms with Crippen LogP contribution in [-0.2, 0) is 4.79 Å². The maximum atomic E-state index is 10.0. The van der Waals surface area contributed by atoms with E-state index >= 15 is 0 Å². The lowest BCUT2D eigenvalue weighted by atomic mass is 10.2. The minimum atomic E-state index is 0.885. The number of carbonyl (C=O) groups excluding carboxylic acids is 1. The highest BCUT2D eigenvalue weighted by molar-refractivity contribution is 5.75. The van der Waals surface area contributed by atoms with Crippen molar-refractivity contribution in [3.8, 4) is 0 Å². The van der Waals surface area contributed by atoms with E-state index in [9.17, 15) is 4.79 Å². The van der Waals surface area contributed by atoms with Gasteiger partial charge >= 0.3 is 0 Å². The van der Waals surface area contributed by atoms with Crippen molar-refractivity contribution in [2.75, 3.05) is 19.0 Å². The third-order valence-electron chi connectivity index (χ3n) is 1.64. The number of hydrogen-bond donors (Lipinski definition) is 0. The van der Waals surface area contributed by atoms with Gasteiger partial charge in [-0.15, -0.1) is 0 Å².